The lowest BCUT2D eigenvalue weighted by molar-refractivity contribution is 0.628. The Hall–Kier alpha value is -1.27. The van der Waals surface area contributed by atoms with Crippen molar-refractivity contribution >= 4 is 0 Å². The molecule has 3 heteroatoms. The highest BCUT2D eigenvalue weighted by Crippen LogP contribution is 2.06. The number of hydrogen-bond donors (Lipinski definition) is 1. The molecule has 1 rings (SSSR count). The topological polar surface area (TPSA) is 43.8 Å². The Morgan fingerprint density at radius 2 is 2.58 bits per heavy atom. The molecule has 2 N–H and O–H groups in total. The van der Waals surface area contributed by atoms with Crippen molar-refractivity contribution in [1.82, 2.24) is 9.78 Å². The van der Waals surface area contributed by atoms with Gasteiger partial charge in [-0.05, 0) is 6.92 Å². The molecule has 1 atom stereocenters. The minimum Gasteiger partial charge on any atom is -0.324 e. The van der Waals surface area contributed by atoms with Gasteiger partial charge >= 0.3 is 0 Å². The molecule has 0 bridgehead atoms. The summed E-state index contributed by atoms with van der Waals surface area (Å²) < 4.78 is 1.82. The summed E-state index contributed by atoms with van der Waals surface area (Å²) in [6.07, 6.45) is 9.55. The zero-order valence-electron chi connectivity index (χ0n) is 7.20. The molecule has 0 spiro atoms. The Balaban J connectivity index is 2.59. The van der Waals surface area contributed by atoms with E-state index in [0.717, 1.165) is 12.1 Å². The van der Waals surface area contributed by atoms with Crippen LogP contribution in [-0.4, -0.2) is 9.78 Å². The van der Waals surface area contributed by atoms with Crippen molar-refractivity contribution in [3.8, 4) is 12.3 Å². The molecule has 3 nitrogen and oxygen atoms in total. The van der Waals surface area contributed by atoms with Gasteiger partial charge in [0.1, 0.15) is 0 Å². The zero-order valence-corrected chi connectivity index (χ0v) is 7.20. The van der Waals surface area contributed by atoms with Crippen molar-refractivity contribution in [3.63, 3.8) is 0 Å². The van der Waals surface area contributed by atoms with E-state index in [1.54, 1.807) is 6.20 Å². The number of rotatable bonds is 3. The first-order chi connectivity index (χ1) is 5.74. The highest BCUT2D eigenvalue weighted by molar-refractivity contribution is 5.08. The number of nitrogens with two attached hydrogens (primary N) is 1. The Morgan fingerprint density at radius 3 is 3.08 bits per heavy atom. The third kappa shape index (κ3) is 2.11. The minimum absolute atomic E-state index is 0.0459. The first-order valence-electron chi connectivity index (χ1n) is 3.95. The maximum atomic E-state index is 5.66. The van der Waals surface area contributed by atoms with Gasteiger partial charge in [0.25, 0.3) is 0 Å². The number of terminal acetylenes is 1. The van der Waals surface area contributed by atoms with Crippen LogP contribution in [-0.2, 0) is 6.54 Å². The van der Waals surface area contributed by atoms with Crippen LogP contribution in [0.25, 0.3) is 0 Å². The van der Waals surface area contributed by atoms with Crippen LogP contribution in [0, 0.1) is 12.3 Å². The highest BCUT2D eigenvalue weighted by Gasteiger charge is 2.01. The van der Waals surface area contributed by atoms with Crippen molar-refractivity contribution in [1.29, 1.82) is 0 Å². The lowest BCUT2D eigenvalue weighted by atomic mass is 10.2. The third-order valence-electron chi connectivity index (χ3n) is 1.66. The molecule has 0 saturated heterocycles. The van der Waals surface area contributed by atoms with Crippen molar-refractivity contribution in [2.45, 2.75) is 25.9 Å². The van der Waals surface area contributed by atoms with Crippen molar-refractivity contribution < 1.29 is 0 Å². The molecule has 0 radical (unpaired) electrons. The van der Waals surface area contributed by atoms with E-state index in [1.165, 1.54) is 0 Å². The molecule has 12 heavy (non-hydrogen) atoms. The molecule has 64 valence electrons. The van der Waals surface area contributed by atoms with Gasteiger partial charge in [-0.25, -0.2) is 0 Å². The lowest BCUT2D eigenvalue weighted by Gasteiger charge is -1.98. The van der Waals surface area contributed by atoms with Gasteiger partial charge < -0.3 is 5.73 Å². The zero-order chi connectivity index (χ0) is 8.97. The van der Waals surface area contributed by atoms with Gasteiger partial charge in [0.15, 0.2) is 0 Å². The van der Waals surface area contributed by atoms with Gasteiger partial charge in [-0.3, -0.25) is 4.68 Å². The largest absolute Gasteiger partial charge is 0.324 e. The predicted octanol–water partition coefficient (Wildman–Crippen LogP) is 0.926. The van der Waals surface area contributed by atoms with E-state index < -0.39 is 0 Å². The van der Waals surface area contributed by atoms with Crippen LogP contribution in [0.15, 0.2) is 12.4 Å². The molecule has 1 heterocycles. The van der Waals surface area contributed by atoms with Gasteiger partial charge in [0.05, 0.1) is 12.7 Å². The second kappa shape index (κ2) is 3.93. The summed E-state index contributed by atoms with van der Waals surface area (Å²) in [6, 6.07) is 0.0459. The smallest absolute Gasteiger partial charge is 0.0537 e. The van der Waals surface area contributed by atoms with Crippen LogP contribution < -0.4 is 5.73 Å². The standard InChI is InChI=1S/C9H13N3/c1-3-4-5-12-7-9(6-11-12)8(2)10/h1,6-8H,4-5,10H2,2H3/t8-/m0/s1. The maximum Gasteiger partial charge on any atom is 0.0537 e. The minimum atomic E-state index is 0.0459. The van der Waals surface area contributed by atoms with Crippen molar-refractivity contribution in [3.05, 3.63) is 18.0 Å². The first kappa shape index (κ1) is 8.82. The fourth-order valence-electron chi connectivity index (χ4n) is 0.916. The molecule has 1 aromatic rings. The van der Waals surface area contributed by atoms with Crippen LogP contribution in [0.4, 0.5) is 0 Å². The quantitative estimate of drug-likeness (QED) is 0.673. The summed E-state index contributed by atoms with van der Waals surface area (Å²) in [4.78, 5) is 0. The number of aryl methyl sites for hydroxylation is 1. The van der Waals surface area contributed by atoms with Gasteiger partial charge in [-0.1, -0.05) is 0 Å². The summed E-state index contributed by atoms with van der Waals surface area (Å²) in [5.74, 6) is 2.56. The van der Waals surface area contributed by atoms with E-state index in [9.17, 15) is 0 Å². The van der Waals surface area contributed by atoms with Gasteiger partial charge in [-0.15, -0.1) is 12.3 Å². The summed E-state index contributed by atoms with van der Waals surface area (Å²) in [6.45, 7) is 2.70. The van der Waals surface area contributed by atoms with Crippen molar-refractivity contribution in [2.75, 3.05) is 0 Å². The van der Waals surface area contributed by atoms with E-state index in [2.05, 4.69) is 11.0 Å². The molecular formula is C9H13N3. The summed E-state index contributed by atoms with van der Waals surface area (Å²) in [5, 5.41) is 4.12. The van der Waals surface area contributed by atoms with E-state index in [-0.39, 0.29) is 6.04 Å². The van der Waals surface area contributed by atoms with E-state index in [1.807, 2.05) is 17.8 Å². The van der Waals surface area contributed by atoms with Crippen LogP contribution in [0.2, 0.25) is 0 Å². The van der Waals surface area contributed by atoms with E-state index in [4.69, 9.17) is 12.2 Å². The molecular weight excluding hydrogens is 150 g/mol. The molecule has 0 unspecified atom stereocenters. The monoisotopic (exact) mass is 163 g/mol. The van der Waals surface area contributed by atoms with Crippen LogP contribution in [0.3, 0.4) is 0 Å². The maximum absolute atomic E-state index is 5.66. The molecule has 0 fully saturated rings. The fraction of sp³-hybridized carbons (Fsp3) is 0.444. The van der Waals surface area contributed by atoms with Gasteiger partial charge in [0.2, 0.25) is 0 Å². The molecule has 1 aromatic heterocycles. The molecule has 0 amide bonds. The third-order valence-corrected chi connectivity index (χ3v) is 1.66. The molecule has 0 aliphatic rings. The predicted molar refractivity (Wildman–Crippen MR) is 48.3 cm³/mol. The Labute approximate surface area is 72.6 Å². The Bertz CT molecular complexity index is 280. The second-order valence-electron chi connectivity index (χ2n) is 2.78. The molecule has 0 aliphatic heterocycles. The molecule has 0 aromatic carbocycles. The van der Waals surface area contributed by atoms with Crippen LogP contribution in [0.1, 0.15) is 24.9 Å². The summed E-state index contributed by atoms with van der Waals surface area (Å²) >= 11 is 0. The van der Waals surface area contributed by atoms with Gasteiger partial charge in [-0.2, -0.15) is 5.10 Å². The van der Waals surface area contributed by atoms with E-state index in [0.29, 0.717) is 6.42 Å². The first-order valence-corrected chi connectivity index (χ1v) is 3.95. The lowest BCUT2D eigenvalue weighted by Crippen LogP contribution is -2.03. The summed E-state index contributed by atoms with van der Waals surface area (Å²) in [7, 11) is 0. The highest BCUT2D eigenvalue weighted by atomic mass is 15.3. The van der Waals surface area contributed by atoms with Gasteiger partial charge in [0, 0.05) is 24.2 Å². The fourth-order valence-corrected chi connectivity index (χ4v) is 0.916. The molecule has 0 aliphatic carbocycles. The van der Waals surface area contributed by atoms with E-state index >= 15 is 0 Å². The number of aromatic nitrogens is 2. The van der Waals surface area contributed by atoms with Crippen molar-refractivity contribution in [2.24, 2.45) is 5.73 Å². The average molecular weight is 163 g/mol. The number of nitrogens with zero attached hydrogens (tertiary/aromatic N) is 2. The SMILES string of the molecule is C#CCCn1cc([C@H](C)N)cn1. The number of hydrogen-bond acceptors (Lipinski definition) is 2. The molecule has 0 saturated carbocycles. The Morgan fingerprint density at radius 1 is 1.83 bits per heavy atom. The average Bonchev–Trinajstić information content (AvgIpc) is 2.48. The second-order valence-corrected chi connectivity index (χ2v) is 2.78. The summed E-state index contributed by atoms with van der Waals surface area (Å²) in [5.41, 5.74) is 6.71. The normalized spacial score (nSPS) is 12.4. The van der Waals surface area contributed by atoms with Crippen LogP contribution >= 0.6 is 0 Å². The Kier molecular flexibility index (Phi) is 2.89. The van der Waals surface area contributed by atoms with Crippen LogP contribution in [0.5, 0.6) is 0 Å².